The molecule has 0 saturated carbocycles. The fourth-order valence-electron chi connectivity index (χ4n) is 1.52. The molecular weight excluding hydrogens is 204 g/mol. The number of furan rings is 1. The lowest BCUT2D eigenvalue weighted by Gasteiger charge is -2.05. The van der Waals surface area contributed by atoms with Gasteiger partial charge < -0.3 is 9.52 Å². The van der Waals surface area contributed by atoms with Crippen molar-refractivity contribution in [2.45, 2.75) is 13.0 Å². The van der Waals surface area contributed by atoms with Gasteiger partial charge >= 0.3 is 0 Å². The van der Waals surface area contributed by atoms with E-state index in [-0.39, 0.29) is 0 Å². The summed E-state index contributed by atoms with van der Waals surface area (Å²) in [6.07, 6.45) is 0.155. The summed E-state index contributed by atoms with van der Waals surface area (Å²) in [4.78, 5) is 10.5. The van der Waals surface area contributed by atoms with Crippen molar-refractivity contribution >= 4 is 6.29 Å². The smallest absolute Gasteiger partial charge is 0.185 e. The van der Waals surface area contributed by atoms with E-state index in [1.807, 2.05) is 24.3 Å². The highest BCUT2D eigenvalue weighted by atomic mass is 16.3. The van der Waals surface area contributed by atoms with Crippen LogP contribution in [0.1, 0.15) is 29.1 Å². The van der Waals surface area contributed by atoms with Crippen molar-refractivity contribution in [3.63, 3.8) is 0 Å². The van der Waals surface area contributed by atoms with Gasteiger partial charge in [0.1, 0.15) is 5.76 Å². The minimum Gasteiger partial charge on any atom is -0.453 e. The van der Waals surface area contributed by atoms with Gasteiger partial charge in [-0.25, -0.2) is 0 Å². The molecule has 2 aromatic rings. The number of aliphatic hydroxyl groups is 1. The van der Waals surface area contributed by atoms with Gasteiger partial charge in [-0.15, -0.1) is 0 Å². The van der Waals surface area contributed by atoms with Crippen LogP contribution in [0, 0.1) is 0 Å². The molecule has 1 aromatic heterocycles. The Kier molecular flexibility index (Phi) is 2.88. The number of hydrogen-bond acceptors (Lipinski definition) is 3. The SMILES string of the molecule is CC(O)c1cccc(-c2ccc(C=O)o2)c1. The number of benzene rings is 1. The maximum Gasteiger partial charge on any atom is 0.185 e. The van der Waals surface area contributed by atoms with E-state index in [1.54, 1.807) is 19.1 Å². The third kappa shape index (κ3) is 2.04. The van der Waals surface area contributed by atoms with Gasteiger partial charge in [0, 0.05) is 5.56 Å². The maximum atomic E-state index is 10.5. The van der Waals surface area contributed by atoms with Crippen LogP contribution in [0.15, 0.2) is 40.8 Å². The highest BCUT2D eigenvalue weighted by Gasteiger charge is 2.06. The highest BCUT2D eigenvalue weighted by Crippen LogP contribution is 2.24. The number of aliphatic hydroxyl groups excluding tert-OH is 1. The monoisotopic (exact) mass is 216 g/mol. The van der Waals surface area contributed by atoms with Gasteiger partial charge in [0.25, 0.3) is 0 Å². The Morgan fingerprint density at radius 1 is 1.31 bits per heavy atom. The first kappa shape index (κ1) is 10.6. The molecule has 16 heavy (non-hydrogen) atoms. The molecule has 0 spiro atoms. The summed E-state index contributed by atoms with van der Waals surface area (Å²) < 4.78 is 5.30. The van der Waals surface area contributed by atoms with Crippen LogP contribution in [0.25, 0.3) is 11.3 Å². The number of carbonyl (C=O) groups is 1. The van der Waals surface area contributed by atoms with Crippen molar-refractivity contribution in [2.75, 3.05) is 0 Å². The van der Waals surface area contributed by atoms with Crippen LogP contribution in [0.4, 0.5) is 0 Å². The standard InChI is InChI=1S/C13H12O3/c1-9(15)10-3-2-4-11(7-10)13-6-5-12(8-14)16-13/h2-9,15H,1H3. The molecule has 1 N–H and O–H groups in total. The van der Waals surface area contributed by atoms with E-state index in [1.165, 1.54) is 0 Å². The summed E-state index contributed by atoms with van der Waals surface area (Å²) in [6.45, 7) is 1.71. The molecule has 1 atom stereocenters. The van der Waals surface area contributed by atoms with E-state index in [0.29, 0.717) is 17.8 Å². The lowest BCUT2D eigenvalue weighted by atomic mass is 10.1. The molecule has 2 rings (SSSR count). The summed E-state index contributed by atoms with van der Waals surface area (Å²) in [5.74, 6) is 0.932. The third-order valence-electron chi connectivity index (χ3n) is 2.40. The van der Waals surface area contributed by atoms with E-state index < -0.39 is 6.10 Å². The number of aldehydes is 1. The van der Waals surface area contributed by atoms with E-state index in [2.05, 4.69) is 0 Å². The predicted molar refractivity (Wildman–Crippen MR) is 60.2 cm³/mol. The zero-order valence-corrected chi connectivity index (χ0v) is 8.88. The number of hydrogen-bond donors (Lipinski definition) is 1. The van der Waals surface area contributed by atoms with Gasteiger partial charge in [0.2, 0.25) is 0 Å². The Morgan fingerprint density at radius 3 is 2.75 bits per heavy atom. The Morgan fingerprint density at radius 2 is 2.12 bits per heavy atom. The summed E-state index contributed by atoms with van der Waals surface area (Å²) in [5, 5.41) is 9.46. The largest absolute Gasteiger partial charge is 0.453 e. The van der Waals surface area contributed by atoms with Crippen LogP contribution in [0.2, 0.25) is 0 Å². The van der Waals surface area contributed by atoms with Crippen molar-refractivity contribution in [3.05, 3.63) is 47.7 Å². The topological polar surface area (TPSA) is 50.4 Å². The molecule has 0 bridgehead atoms. The Bertz CT molecular complexity index is 497. The van der Waals surface area contributed by atoms with Gasteiger partial charge in [-0.05, 0) is 30.7 Å². The van der Waals surface area contributed by atoms with Gasteiger partial charge in [-0.1, -0.05) is 18.2 Å². The van der Waals surface area contributed by atoms with Crippen LogP contribution in [0.3, 0.4) is 0 Å². The molecule has 0 aliphatic rings. The van der Waals surface area contributed by atoms with Crippen LogP contribution < -0.4 is 0 Å². The molecule has 0 aliphatic carbocycles. The molecule has 0 amide bonds. The van der Waals surface area contributed by atoms with E-state index in [0.717, 1.165) is 11.1 Å². The van der Waals surface area contributed by atoms with Crippen LogP contribution in [-0.2, 0) is 0 Å². The molecule has 0 aliphatic heterocycles. The van der Waals surface area contributed by atoms with Crippen LogP contribution in [0.5, 0.6) is 0 Å². The zero-order chi connectivity index (χ0) is 11.5. The molecule has 1 unspecified atom stereocenters. The molecule has 3 nitrogen and oxygen atoms in total. The number of rotatable bonds is 3. The van der Waals surface area contributed by atoms with E-state index in [9.17, 15) is 9.90 Å². The van der Waals surface area contributed by atoms with Crippen molar-refractivity contribution < 1.29 is 14.3 Å². The summed E-state index contributed by atoms with van der Waals surface area (Å²) in [6, 6.07) is 10.8. The Hall–Kier alpha value is -1.87. The summed E-state index contributed by atoms with van der Waals surface area (Å²) in [5.41, 5.74) is 1.67. The molecule has 0 saturated heterocycles. The van der Waals surface area contributed by atoms with Crippen LogP contribution >= 0.6 is 0 Å². The normalized spacial score (nSPS) is 12.4. The van der Waals surface area contributed by atoms with Crippen molar-refractivity contribution in [3.8, 4) is 11.3 Å². The molecule has 1 heterocycles. The molecule has 0 fully saturated rings. The van der Waals surface area contributed by atoms with Gasteiger partial charge in [0.15, 0.2) is 12.0 Å². The van der Waals surface area contributed by atoms with E-state index >= 15 is 0 Å². The van der Waals surface area contributed by atoms with Gasteiger partial charge in [-0.3, -0.25) is 4.79 Å². The van der Waals surface area contributed by atoms with Crippen molar-refractivity contribution in [2.24, 2.45) is 0 Å². The van der Waals surface area contributed by atoms with E-state index in [4.69, 9.17) is 4.42 Å². The average molecular weight is 216 g/mol. The zero-order valence-electron chi connectivity index (χ0n) is 8.88. The Balaban J connectivity index is 2.39. The first-order valence-corrected chi connectivity index (χ1v) is 5.04. The molecular formula is C13H12O3. The van der Waals surface area contributed by atoms with Crippen molar-refractivity contribution in [1.82, 2.24) is 0 Å². The summed E-state index contributed by atoms with van der Waals surface area (Å²) >= 11 is 0. The molecule has 3 heteroatoms. The minimum absolute atomic E-state index is 0.303. The molecule has 1 aromatic carbocycles. The second-order valence-electron chi connectivity index (χ2n) is 3.62. The fraction of sp³-hybridized carbons (Fsp3) is 0.154. The maximum absolute atomic E-state index is 10.5. The van der Waals surface area contributed by atoms with Crippen molar-refractivity contribution in [1.29, 1.82) is 0 Å². The second kappa shape index (κ2) is 4.33. The number of carbonyl (C=O) groups excluding carboxylic acids is 1. The predicted octanol–water partition coefficient (Wildman–Crippen LogP) is 2.81. The fourth-order valence-corrected chi connectivity index (χ4v) is 1.52. The third-order valence-corrected chi connectivity index (χ3v) is 2.40. The quantitative estimate of drug-likeness (QED) is 0.802. The van der Waals surface area contributed by atoms with Crippen LogP contribution in [-0.4, -0.2) is 11.4 Å². The lowest BCUT2D eigenvalue weighted by molar-refractivity contribution is 0.110. The first-order valence-electron chi connectivity index (χ1n) is 5.04. The first-order chi connectivity index (χ1) is 7.70. The molecule has 0 radical (unpaired) electrons. The van der Waals surface area contributed by atoms with Gasteiger partial charge in [-0.2, -0.15) is 0 Å². The lowest BCUT2D eigenvalue weighted by Crippen LogP contribution is -1.90. The minimum atomic E-state index is -0.513. The average Bonchev–Trinajstić information content (AvgIpc) is 2.77. The molecule has 82 valence electrons. The second-order valence-corrected chi connectivity index (χ2v) is 3.62. The van der Waals surface area contributed by atoms with Gasteiger partial charge in [0.05, 0.1) is 6.10 Å². The Labute approximate surface area is 93.3 Å². The highest BCUT2D eigenvalue weighted by molar-refractivity contribution is 5.72. The summed E-state index contributed by atoms with van der Waals surface area (Å²) in [7, 11) is 0.